The van der Waals surface area contributed by atoms with E-state index in [9.17, 15) is 14.7 Å². The van der Waals surface area contributed by atoms with Crippen molar-refractivity contribution in [2.75, 3.05) is 12.4 Å². The molecule has 0 aliphatic rings. The molecular weight excluding hydrogens is 350 g/mol. The van der Waals surface area contributed by atoms with Crippen molar-refractivity contribution in [1.82, 2.24) is 9.78 Å². The van der Waals surface area contributed by atoms with Gasteiger partial charge in [-0.1, -0.05) is 19.1 Å². The number of carbonyl (C=O) groups is 2. The molecule has 2 aromatic rings. The van der Waals surface area contributed by atoms with Crippen molar-refractivity contribution in [2.24, 2.45) is 0 Å². The second kappa shape index (κ2) is 9.42. The number of benzene rings is 1. The van der Waals surface area contributed by atoms with Crippen molar-refractivity contribution < 1.29 is 24.2 Å². The van der Waals surface area contributed by atoms with Crippen LogP contribution >= 0.6 is 0 Å². The van der Waals surface area contributed by atoms with Gasteiger partial charge in [-0.05, 0) is 31.0 Å². The largest absolute Gasteiger partial charge is 0.497 e. The standard InChI is InChI=1S/C19H23N3O5/c1-4-13(2)27-19(25)16(18(23)24)11-20-17-9-10-21-22(17)12-14-5-7-15(26-3)8-6-14/h5-11,13,20H,4,12H2,1-3H3,(H,23,24). The molecule has 27 heavy (non-hydrogen) atoms. The van der Waals surface area contributed by atoms with Crippen LogP contribution in [-0.2, 0) is 20.9 Å². The molecule has 2 N–H and O–H groups in total. The van der Waals surface area contributed by atoms with Crippen LogP contribution in [0.25, 0.3) is 0 Å². The molecule has 1 aromatic carbocycles. The summed E-state index contributed by atoms with van der Waals surface area (Å²) < 4.78 is 11.9. The highest BCUT2D eigenvalue weighted by Crippen LogP contribution is 2.15. The molecule has 0 saturated carbocycles. The fourth-order valence-corrected chi connectivity index (χ4v) is 2.17. The molecule has 0 aliphatic heterocycles. The summed E-state index contributed by atoms with van der Waals surface area (Å²) in [5, 5.41) is 16.3. The van der Waals surface area contributed by atoms with Crippen molar-refractivity contribution in [3.63, 3.8) is 0 Å². The highest BCUT2D eigenvalue weighted by molar-refractivity contribution is 6.13. The molecule has 1 unspecified atom stereocenters. The second-order valence-corrected chi connectivity index (χ2v) is 5.85. The zero-order chi connectivity index (χ0) is 19.8. The fraction of sp³-hybridized carbons (Fsp3) is 0.316. The zero-order valence-corrected chi connectivity index (χ0v) is 15.5. The summed E-state index contributed by atoms with van der Waals surface area (Å²) in [6.45, 7) is 4.01. The second-order valence-electron chi connectivity index (χ2n) is 5.85. The van der Waals surface area contributed by atoms with E-state index in [1.807, 2.05) is 31.2 Å². The molecule has 144 valence electrons. The third-order valence-electron chi connectivity index (χ3n) is 3.91. The molecule has 1 atom stereocenters. The molecule has 1 aromatic heterocycles. The lowest BCUT2D eigenvalue weighted by atomic mass is 10.2. The number of hydrogen-bond acceptors (Lipinski definition) is 6. The van der Waals surface area contributed by atoms with Crippen LogP contribution in [0.1, 0.15) is 25.8 Å². The van der Waals surface area contributed by atoms with E-state index in [4.69, 9.17) is 9.47 Å². The number of anilines is 1. The molecule has 0 radical (unpaired) electrons. The topological polar surface area (TPSA) is 103 Å². The van der Waals surface area contributed by atoms with E-state index in [0.717, 1.165) is 17.5 Å². The van der Waals surface area contributed by atoms with Crippen LogP contribution in [0.2, 0.25) is 0 Å². The summed E-state index contributed by atoms with van der Waals surface area (Å²) in [6, 6.07) is 9.19. The number of carbonyl (C=O) groups excluding carboxylic acids is 1. The van der Waals surface area contributed by atoms with Crippen LogP contribution in [0.4, 0.5) is 5.82 Å². The Kier molecular flexibility index (Phi) is 6.99. The predicted octanol–water partition coefficient (Wildman–Crippen LogP) is 2.66. The Morgan fingerprint density at radius 1 is 1.30 bits per heavy atom. The van der Waals surface area contributed by atoms with Gasteiger partial charge in [0, 0.05) is 12.3 Å². The summed E-state index contributed by atoms with van der Waals surface area (Å²) in [5.41, 5.74) is 0.508. The van der Waals surface area contributed by atoms with Gasteiger partial charge in [0.25, 0.3) is 0 Å². The lowest BCUT2D eigenvalue weighted by Gasteiger charge is -2.12. The van der Waals surface area contributed by atoms with E-state index in [0.29, 0.717) is 18.8 Å². The molecule has 0 amide bonds. The lowest BCUT2D eigenvalue weighted by molar-refractivity contribution is -0.147. The molecule has 0 spiro atoms. The average Bonchev–Trinajstić information content (AvgIpc) is 3.09. The predicted molar refractivity (Wildman–Crippen MR) is 99.5 cm³/mol. The third kappa shape index (κ3) is 5.60. The minimum atomic E-state index is -1.36. The Balaban J connectivity index is 2.12. The third-order valence-corrected chi connectivity index (χ3v) is 3.91. The molecule has 0 aliphatic carbocycles. The molecule has 8 heteroatoms. The summed E-state index contributed by atoms with van der Waals surface area (Å²) >= 11 is 0. The Hall–Kier alpha value is -3.29. The first-order valence-corrected chi connectivity index (χ1v) is 8.50. The number of methoxy groups -OCH3 is 1. The molecular formula is C19H23N3O5. The van der Waals surface area contributed by atoms with Crippen LogP contribution in [0.3, 0.4) is 0 Å². The van der Waals surface area contributed by atoms with Crippen LogP contribution in [-0.4, -0.2) is 40.0 Å². The normalized spacial score (nSPS) is 12.3. The average molecular weight is 373 g/mol. The van der Waals surface area contributed by atoms with Gasteiger partial charge in [0.05, 0.1) is 26.0 Å². The van der Waals surface area contributed by atoms with Crippen molar-refractivity contribution in [2.45, 2.75) is 32.9 Å². The van der Waals surface area contributed by atoms with Crippen molar-refractivity contribution in [3.05, 3.63) is 53.9 Å². The minimum Gasteiger partial charge on any atom is -0.497 e. The van der Waals surface area contributed by atoms with Crippen LogP contribution in [0.5, 0.6) is 5.75 Å². The van der Waals surface area contributed by atoms with Gasteiger partial charge in [-0.15, -0.1) is 0 Å². The van der Waals surface area contributed by atoms with E-state index in [-0.39, 0.29) is 6.10 Å². The maximum Gasteiger partial charge on any atom is 0.347 e. The summed E-state index contributed by atoms with van der Waals surface area (Å²) in [5.74, 6) is -0.949. The first-order chi connectivity index (χ1) is 12.9. The lowest BCUT2D eigenvalue weighted by Crippen LogP contribution is -2.21. The van der Waals surface area contributed by atoms with Gasteiger partial charge in [-0.2, -0.15) is 5.10 Å². The first kappa shape index (κ1) is 20.0. The van der Waals surface area contributed by atoms with Gasteiger partial charge in [-0.3, -0.25) is 0 Å². The zero-order valence-electron chi connectivity index (χ0n) is 15.5. The van der Waals surface area contributed by atoms with E-state index < -0.39 is 17.5 Å². The van der Waals surface area contributed by atoms with Gasteiger partial charge in [-0.25, -0.2) is 14.3 Å². The highest BCUT2D eigenvalue weighted by atomic mass is 16.5. The Labute approximate surface area is 157 Å². The smallest absolute Gasteiger partial charge is 0.347 e. The molecule has 2 rings (SSSR count). The SMILES string of the molecule is CCC(C)OC(=O)C(=CNc1ccnn1Cc1ccc(OC)cc1)C(=O)O. The quantitative estimate of drug-likeness (QED) is 0.301. The van der Waals surface area contributed by atoms with Crippen LogP contribution in [0.15, 0.2) is 48.3 Å². The first-order valence-electron chi connectivity index (χ1n) is 8.50. The van der Waals surface area contributed by atoms with Gasteiger partial charge >= 0.3 is 11.9 Å². The van der Waals surface area contributed by atoms with Crippen LogP contribution < -0.4 is 10.1 Å². The monoisotopic (exact) mass is 373 g/mol. The number of aliphatic carboxylic acids is 1. The van der Waals surface area contributed by atoms with Gasteiger partial charge in [0.1, 0.15) is 11.6 Å². The van der Waals surface area contributed by atoms with Crippen LogP contribution in [0, 0.1) is 0 Å². The Morgan fingerprint density at radius 3 is 2.59 bits per heavy atom. The number of esters is 1. The number of ether oxygens (including phenoxy) is 2. The van der Waals surface area contributed by atoms with Crippen molar-refractivity contribution in [3.8, 4) is 5.75 Å². The number of rotatable bonds is 9. The summed E-state index contributed by atoms with van der Waals surface area (Å²) in [7, 11) is 1.60. The molecule has 1 heterocycles. The van der Waals surface area contributed by atoms with E-state index in [1.54, 1.807) is 31.0 Å². The van der Waals surface area contributed by atoms with Gasteiger partial charge in [0.2, 0.25) is 0 Å². The Bertz CT molecular complexity index is 811. The molecule has 0 saturated heterocycles. The van der Waals surface area contributed by atoms with E-state index >= 15 is 0 Å². The number of carboxylic acid groups (broad SMARTS) is 1. The summed E-state index contributed by atoms with van der Waals surface area (Å²) in [6.07, 6.45) is 2.94. The van der Waals surface area contributed by atoms with E-state index in [2.05, 4.69) is 10.4 Å². The van der Waals surface area contributed by atoms with Crippen molar-refractivity contribution in [1.29, 1.82) is 0 Å². The molecule has 8 nitrogen and oxygen atoms in total. The fourth-order valence-electron chi connectivity index (χ4n) is 2.17. The Morgan fingerprint density at radius 2 is 2.00 bits per heavy atom. The van der Waals surface area contributed by atoms with Gasteiger partial charge in [0.15, 0.2) is 5.57 Å². The number of nitrogens with zero attached hydrogens (tertiary/aromatic N) is 2. The maximum atomic E-state index is 12.0. The van der Waals surface area contributed by atoms with Gasteiger partial charge < -0.3 is 19.9 Å². The minimum absolute atomic E-state index is 0.360. The van der Waals surface area contributed by atoms with Crippen molar-refractivity contribution >= 4 is 17.8 Å². The number of nitrogens with one attached hydrogen (secondary N) is 1. The highest BCUT2D eigenvalue weighted by Gasteiger charge is 2.21. The molecule has 0 bridgehead atoms. The molecule has 0 fully saturated rings. The number of hydrogen-bond donors (Lipinski definition) is 2. The van der Waals surface area contributed by atoms with E-state index in [1.165, 1.54) is 0 Å². The number of carboxylic acids is 1. The summed E-state index contributed by atoms with van der Waals surface area (Å²) in [4.78, 5) is 23.4. The number of aromatic nitrogens is 2. The maximum absolute atomic E-state index is 12.0.